The molecule has 2 heterocycles. The fraction of sp³-hybridized carbons (Fsp3) is 0.667. The Labute approximate surface area is 115 Å². The first kappa shape index (κ1) is 14.0. The summed E-state index contributed by atoms with van der Waals surface area (Å²) >= 11 is 0. The van der Waals surface area contributed by atoms with Crippen molar-refractivity contribution in [1.29, 1.82) is 0 Å². The van der Waals surface area contributed by atoms with Gasteiger partial charge in [0.25, 0.3) is 5.91 Å². The van der Waals surface area contributed by atoms with Gasteiger partial charge >= 0.3 is 0 Å². The van der Waals surface area contributed by atoms with Crippen LogP contribution >= 0.6 is 0 Å². The summed E-state index contributed by atoms with van der Waals surface area (Å²) in [7, 11) is 0. The fourth-order valence-corrected chi connectivity index (χ4v) is 2.91. The molecule has 1 fully saturated rings. The zero-order valence-corrected chi connectivity index (χ0v) is 12.2. The minimum atomic E-state index is 0.129. The van der Waals surface area contributed by atoms with Crippen molar-refractivity contribution in [2.75, 3.05) is 12.3 Å². The Kier molecular flexibility index (Phi) is 4.17. The molecule has 1 saturated heterocycles. The SMILES string of the molecule is CCCn1cc(N)cc1C(=O)N1CCCC(C)C1C. The van der Waals surface area contributed by atoms with Gasteiger partial charge in [-0.2, -0.15) is 0 Å². The Hall–Kier alpha value is -1.45. The van der Waals surface area contributed by atoms with Gasteiger partial charge in [-0.05, 0) is 38.2 Å². The van der Waals surface area contributed by atoms with E-state index in [-0.39, 0.29) is 5.91 Å². The van der Waals surface area contributed by atoms with Gasteiger partial charge in [-0.15, -0.1) is 0 Å². The summed E-state index contributed by atoms with van der Waals surface area (Å²) in [6.45, 7) is 8.19. The second-order valence-corrected chi connectivity index (χ2v) is 5.71. The summed E-state index contributed by atoms with van der Waals surface area (Å²) in [6, 6.07) is 2.12. The van der Waals surface area contributed by atoms with E-state index in [0.717, 1.165) is 31.6 Å². The summed E-state index contributed by atoms with van der Waals surface area (Å²) in [6.07, 6.45) is 5.18. The summed E-state index contributed by atoms with van der Waals surface area (Å²) in [5.74, 6) is 0.703. The maximum absolute atomic E-state index is 12.7. The van der Waals surface area contributed by atoms with Crippen LogP contribution in [-0.4, -0.2) is 28.0 Å². The quantitative estimate of drug-likeness (QED) is 0.911. The third kappa shape index (κ3) is 2.77. The topological polar surface area (TPSA) is 51.3 Å². The van der Waals surface area contributed by atoms with E-state index in [1.54, 1.807) is 0 Å². The van der Waals surface area contributed by atoms with Gasteiger partial charge in [0, 0.05) is 25.3 Å². The molecule has 2 N–H and O–H groups in total. The molecule has 19 heavy (non-hydrogen) atoms. The molecule has 1 amide bonds. The van der Waals surface area contributed by atoms with E-state index in [1.165, 1.54) is 6.42 Å². The number of aryl methyl sites for hydroxylation is 1. The van der Waals surface area contributed by atoms with Crippen molar-refractivity contribution >= 4 is 11.6 Å². The molecule has 0 saturated carbocycles. The fourth-order valence-electron chi connectivity index (χ4n) is 2.91. The molecule has 0 aliphatic carbocycles. The first-order valence-electron chi connectivity index (χ1n) is 7.31. The maximum Gasteiger partial charge on any atom is 0.270 e. The van der Waals surface area contributed by atoms with E-state index in [9.17, 15) is 4.79 Å². The van der Waals surface area contributed by atoms with Crippen LogP contribution in [0.4, 0.5) is 5.69 Å². The minimum Gasteiger partial charge on any atom is -0.397 e. The van der Waals surface area contributed by atoms with Crippen molar-refractivity contribution in [3.8, 4) is 0 Å². The number of nitrogens with two attached hydrogens (primary N) is 1. The molecule has 1 aromatic rings. The molecular formula is C15H25N3O. The van der Waals surface area contributed by atoms with Crippen molar-refractivity contribution in [2.45, 2.75) is 52.6 Å². The van der Waals surface area contributed by atoms with E-state index in [2.05, 4.69) is 20.8 Å². The Morgan fingerprint density at radius 1 is 1.47 bits per heavy atom. The predicted molar refractivity (Wildman–Crippen MR) is 78.0 cm³/mol. The van der Waals surface area contributed by atoms with Crippen LogP contribution in [0.25, 0.3) is 0 Å². The van der Waals surface area contributed by atoms with Crippen LogP contribution < -0.4 is 5.73 Å². The number of hydrogen-bond donors (Lipinski definition) is 1. The first-order valence-corrected chi connectivity index (χ1v) is 7.31. The Morgan fingerprint density at radius 3 is 2.89 bits per heavy atom. The van der Waals surface area contributed by atoms with Crippen molar-refractivity contribution in [3.63, 3.8) is 0 Å². The molecule has 0 aromatic carbocycles. The van der Waals surface area contributed by atoms with Gasteiger partial charge in [0.05, 0.1) is 5.69 Å². The molecule has 4 nitrogen and oxygen atoms in total. The van der Waals surface area contributed by atoms with Crippen molar-refractivity contribution in [1.82, 2.24) is 9.47 Å². The molecule has 1 aromatic heterocycles. The van der Waals surface area contributed by atoms with E-state index in [1.807, 2.05) is 21.7 Å². The smallest absolute Gasteiger partial charge is 0.270 e. The van der Waals surface area contributed by atoms with Gasteiger partial charge in [-0.1, -0.05) is 13.8 Å². The molecule has 2 rings (SSSR count). The molecule has 106 valence electrons. The second-order valence-electron chi connectivity index (χ2n) is 5.71. The predicted octanol–water partition coefficient (Wildman–Crippen LogP) is 2.74. The standard InChI is InChI=1S/C15H25N3O/c1-4-7-17-10-13(16)9-14(17)15(19)18-8-5-6-11(2)12(18)3/h9-12H,4-8,16H2,1-3H3. The summed E-state index contributed by atoms with van der Waals surface area (Å²) in [5.41, 5.74) is 7.26. The lowest BCUT2D eigenvalue weighted by molar-refractivity contribution is 0.0540. The van der Waals surface area contributed by atoms with Crippen molar-refractivity contribution < 1.29 is 4.79 Å². The Balaban J connectivity index is 2.23. The number of likely N-dealkylation sites (tertiary alicyclic amines) is 1. The normalized spacial score (nSPS) is 23.6. The number of nitrogens with zero attached hydrogens (tertiary/aromatic N) is 2. The number of carbonyl (C=O) groups is 1. The second kappa shape index (κ2) is 5.68. The summed E-state index contributed by atoms with van der Waals surface area (Å²) in [4.78, 5) is 14.7. The van der Waals surface area contributed by atoms with E-state index < -0.39 is 0 Å². The molecule has 0 spiro atoms. The monoisotopic (exact) mass is 263 g/mol. The lowest BCUT2D eigenvalue weighted by Gasteiger charge is -2.38. The molecule has 1 aliphatic rings. The number of aromatic nitrogens is 1. The van der Waals surface area contributed by atoms with Crippen LogP contribution in [0.2, 0.25) is 0 Å². The zero-order chi connectivity index (χ0) is 14.0. The minimum absolute atomic E-state index is 0.129. The van der Waals surface area contributed by atoms with Crippen molar-refractivity contribution in [3.05, 3.63) is 18.0 Å². The summed E-state index contributed by atoms with van der Waals surface area (Å²) < 4.78 is 1.99. The highest BCUT2D eigenvalue weighted by Gasteiger charge is 2.30. The highest BCUT2D eigenvalue weighted by molar-refractivity contribution is 5.94. The van der Waals surface area contributed by atoms with E-state index >= 15 is 0 Å². The molecule has 4 heteroatoms. The third-order valence-corrected chi connectivity index (χ3v) is 4.24. The number of hydrogen-bond acceptors (Lipinski definition) is 2. The van der Waals surface area contributed by atoms with E-state index in [0.29, 0.717) is 17.6 Å². The van der Waals surface area contributed by atoms with Gasteiger partial charge in [-0.3, -0.25) is 4.79 Å². The average Bonchev–Trinajstić information content (AvgIpc) is 2.73. The van der Waals surface area contributed by atoms with Crippen LogP contribution in [0.1, 0.15) is 50.5 Å². The lowest BCUT2D eigenvalue weighted by atomic mass is 9.92. The molecule has 0 bridgehead atoms. The van der Waals surface area contributed by atoms with Gasteiger partial charge in [-0.25, -0.2) is 0 Å². The number of amides is 1. The highest BCUT2D eigenvalue weighted by atomic mass is 16.2. The van der Waals surface area contributed by atoms with Gasteiger partial charge in [0.2, 0.25) is 0 Å². The van der Waals surface area contributed by atoms with Crippen LogP contribution in [0.15, 0.2) is 12.3 Å². The zero-order valence-electron chi connectivity index (χ0n) is 12.2. The average molecular weight is 263 g/mol. The number of nitrogen functional groups attached to an aromatic ring is 1. The van der Waals surface area contributed by atoms with Crippen LogP contribution in [-0.2, 0) is 6.54 Å². The van der Waals surface area contributed by atoms with Gasteiger partial charge < -0.3 is 15.2 Å². The van der Waals surface area contributed by atoms with Crippen LogP contribution in [0.5, 0.6) is 0 Å². The molecule has 1 aliphatic heterocycles. The molecular weight excluding hydrogens is 238 g/mol. The van der Waals surface area contributed by atoms with E-state index in [4.69, 9.17) is 5.73 Å². The molecule has 0 radical (unpaired) electrons. The van der Waals surface area contributed by atoms with Gasteiger partial charge in [0.15, 0.2) is 0 Å². The Morgan fingerprint density at radius 2 is 2.21 bits per heavy atom. The van der Waals surface area contributed by atoms with Gasteiger partial charge in [0.1, 0.15) is 5.69 Å². The first-order chi connectivity index (χ1) is 9.04. The lowest BCUT2D eigenvalue weighted by Crippen LogP contribution is -2.46. The maximum atomic E-state index is 12.7. The van der Waals surface area contributed by atoms with Crippen LogP contribution in [0.3, 0.4) is 0 Å². The number of carbonyl (C=O) groups excluding carboxylic acids is 1. The van der Waals surface area contributed by atoms with Crippen LogP contribution in [0, 0.1) is 5.92 Å². The highest BCUT2D eigenvalue weighted by Crippen LogP contribution is 2.25. The summed E-state index contributed by atoms with van der Waals surface area (Å²) in [5, 5.41) is 0. The number of anilines is 1. The molecule has 2 atom stereocenters. The molecule has 2 unspecified atom stereocenters. The number of piperidine rings is 1. The third-order valence-electron chi connectivity index (χ3n) is 4.24. The number of rotatable bonds is 3. The Bertz CT molecular complexity index is 452. The largest absolute Gasteiger partial charge is 0.397 e. The van der Waals surface area contributed by atoms with Crippen molar-refractivity contribution in [2.24, 2.45) is 5.92 Å².